The number of halogens is 2. The first-order valence-corrected chi connectivity index (χ1v) is 13.2. The van der Waals surface area contributed by atoms with E-state index in [0.717, 1.165) is 6.42 Å². The van der Waals surface area contributed by atoms with E-state index in [1.54, 1.807) is 18.7 Å². The molecule has 0 saturated carbocycles. The van der Waals surface area contributed by atoms with E-state index < -0.39 is 5.97 Å². The molecule has 3 aromatic heterocycles. The third-order valence-corrected chi connectivity index (χ3v) is 8.24. The number of hydrogen-bond donors (Lipinski definition) is 1. The molecule has 4 heterocycles. The Morgan fingerprint density at radius 2 is 2.08 bits per heavy atom. The van der Waals surface area contributed by atoms with Crippen LogP contribution in [0.25, 0.3) is 11.5 Å². The number of anilines is 1. The zero-order valence-corrected chi connectivity index (χ0v) is 22.8. The van der Waals surface area contributed by atoms with Crippen LogP contribution in [0.4, 0.5) is 5.13 Å². The average Bonchev–Trinajstić information content (AvgIpc) is 3.56. The van der Waals surface area contributed by atoms with Gasteiger partial charge in [-0.05, 0) is 25.7 Å². The molecular weight excluding hydrogens is 527 g/mol. The van der Waals surface area contributed by atoms with E-state index in [-0.39, 0.29) is 29.2 Å². The molecule has 0 radical (unpaired) electrons. The standard InChI is InChI=1S/C23H28Cl2N6O4S/c1-5-8-35-15-10-31(7-6-13(15)9-14(32)18-17(25)16(24)12(2)28-18)23-29-19(20(36-23)22(33)34-4)21-26-11-27-30(21)3/h11,13,15,28H,5-10H2,1-4H3/t13-,15-/m0/s1. The van der Waals surface area contributed by atoms with Crippen molar-refractivity contribution in [2.45, 2.75) is 39.2 Å². The van der Waals surface area contributed by atoms with Crippen molar-refractivity contribution in [1.29, 1.82) is 0 Å². The number of carbonyl (C=O) groups is 2. The third-order valence-electron chi connectivity index (χ3n) is 6.19. The summed E-state index contributed by atoms with van der Waals surface area (Å²) in [5.74, 6) is -0.0934. The van der Waals surface area contributed by atoms with Gasteiger partial charge in [-0.2, -0.15) is 5.10 Å². The van der Waals surface area contributed by atoms with E-state index in [4.69, 9.17) is 37.7 Å². The Hall–Kier alpha value is -2.47. The highest BCUT2D eigenvalue weighted by molar-refractivity contribution is 7.17. The van der Waals surface area contributed by atoms with Gasteiger partial charge in [0.15, 0.2) is 16.7 Å². The Labute approximate surface area is 222 Å². The third kappa shape index (κ3) is 5.29. The maximum absolute atomic E-state index is 13.1. The molecule has 36 heavy (non-hydrogen) atoms. The summed E-state index contributed by atoms with van der Waals surface area (Å²) in [5, 5.41) is 5.39. The van der Waals surface area contributed by atoms with E-state index >= 15 is 0 Å². The number of nitrogens with one attached hydrogen (secondary N) is 1. The fourth-order valence-electron chi connectivity index (χ4n) is 4.27. The zero-order valence-electron chi connectivity index (χ0n) is 20.5. The molecule has 13 heteroatoms. The second-order valence-corrected chi connectivity index (χ2v) is 10.4. The van der Waals surface area contributed by atoms with Gasteiger partial charge >= 0.3 is 5.97 Å². The molecule has 4 rings (SSSR count). The molecule has 3 aromatic rings. The normalized spacial score (nSPS) is 18.0. The molecule has 0 amide bonds. The number of hydrogen-bond acceptors (Lipinski definition) is 9. The Bertz CT molecular complexity index is 1260. The number of Topliss-reactive ketones (excluding diaryl/α,β-unsaturated/α-hetero) is 1. The summed E-state index contributed by atoms with van der Waals surface area (Å²) in [4.78, 5) is 40.0. The molecule has 0 aliphatic carbocycles. The average molecular weight is 555 g/mol. The number of methoxy groups -OCH3 is 1. The molecule has 1 saturated heterocycles. The number of nitrogens with zero attached hydrogens (tertiary/aromatic N) is 5. The van der Waals surface area contributed by atoms with Gasteiger partial charge in [0.1, 0.15) is 22.6 Å². The van der Waals surface area contributed by atoms with Gasteiger partial charge in [-0.1, -0.05) is 41.5 Å². The van der Waals surface area contributed by atoms with E-state index in [1.165, 1.54) is 24.8 Å². The molecule has 1 aliphatic heterocycles. The van der Waals surface area contributed by atoms with Gasteiger partial charge in [0.05, 0.1) is 23.3 Å². The predicted octanol–water partition coefficient (Wildman–Crippen LogP) is 4.56. The minimum absolute atomic E-state index is 0.00278. The van der Waals surface area contributed by atoms with Crippen LogP contribution in [0.1, 0.15) is 52.0 Å². The van der Waals surface area contributed by atoms with Gasteiger partial charge in [-0.25, -0.2) is 19.4 Å². The lowest BCUT2D eigenvalue weighted by atomic mass is 9.88. The Balaban J connectivity index is 1.56. The summed E-state index contributed by atoms with van der Waals surface area (Å²) in [7, 11) is 3.08. The zero-order chi connectivity index (χ0) is 26.0. The van der Waals surface area contributed by atoms with Crippen molar-refractivity contribution in [3.63, 3.8) is 0 Å². The maximum atomic E-state index is 13.1. The number of rotatable bonds is 9. The van der Waals surface area contributed by atoms with Crippen LogP contribution in [-0.2, 0) is 16.5 Å². The van der Waals surface area contributed by atoms with Gasteiger partial charge < -0.3 is 19.4 Å². The second kappa shape index (κ2) is 11.3. The summed E-state index contributed by atoms with van der Waals surface area (Å²) in [6.45, 7) is 5.58. The van der Waals surface area contributed by atoms with Crippen LogP contribution in [-0.4, -0.2) is 69.4 Å². The van der Waals surface area contributed by atoms with Gasteiger partial charge in [-0.15, -0.1) is 0 Å². The highest BCUT2D eigenvalue weighted by Crippen LogP contribution is 2.37. The van der Waals surface area contributed by atoms with E-state index in [2.05, 4.69) is 20.0 Å². The van der Waals surface area contributed by atoms with Gasteiger partial charge in [0.2, 0.25) is 0 Å². The number of esters is 1. The molecule has 194 valence electrons. The first-order valence-electron chi connectivity index (χ1n) is 11.6. The van der Waals surface area contributed by atoms with E-state index in [0.29, 0.717) is 64.1 Å². The summed E-state index contributed by atoms with van der Waals surface area (Å²) < 4.78 is 12.7. The van der Waals surface area contributed by atoms with Crippen molar-refractivity contribution in [3.05, 3.63) is 32.6 Å². The minimum atomic E-state index is -0.479. The molecule has 1 fully saturated rings. The topological polar surface area (TPSA) is 115 Å². The van der Waals surface area contributed by atoms with Crippen LogP contribution >= 0.6 is 34.5 Å². The molecule has 2 atom stereocenters. The second-order valence-electron chi connectivity index (χ2n) is 8.66. The van der Waals surface area contributed by atoms with Crippen molar-refractivity contribution in [2.75, 3.05) is 31.7 Å². The highest BCUT2D eigenvalue weighted by Gasteiger charge is 2.35. The molecule has 0 unspecified atom stereocenters. The van der Waals surface area contributed by atoms with Crippen molar-refractivity contribution in [3.8, 4) is 11.5 Å². The highest BCUT2D eigenvalue weighted by atomic mass is 35.5. The number of aryl methyl sites for hydroxylation is 2. The number of carbonyl (C=O) groups excluding carboxylic acids is 2. The fraction of sp³-hybridized carbons (Fsp3) is 0.522. The lowest BCUT2D eigenvalue weighted by Gasteiger charge is -2.38. The molecule has 10 nitrogen and oxygen atoms in total. The van der Waals surface area contributed by atoms with Crippen LogP contribution < -0.4 is 4.90 Å². The largest absolute Gasteiger partial charge is 0.465 e. The van der Waals surface area contributed by atoms with Crippen molar-refractivity contribution in [1.82, 2.24) is 24.7 Å². The first kappa shape index (κ1) is 26.6. The first-order chi connectivity index (χ1) is 17.2. The summed E-state index contributed by atoms with van der Waals surface area (Å²) in [6.07, 6.45) is 3.06. The maximum Gasteiger partial charge on any atom is 0.350 e. The van der Waals surface area contributed by atoms with Crippen LogP contribution in [0.15, 0.2) is 6.33 Å². The number of ether oxygens (including phenoxy) is 2. The molecule has 1 aliphatic rings. The molecule has 0 bridgehead atoms. The number of aromatic nitrogens is 5. The number of H-pyrrole nitrogens is 1. The monoisotopic (exact) mass is 554 g/mol. The van der Waals surface area contributed by atoms with Gasteiger partial charge in [0, 0.05) is 38.9 Å². The van der Waals surface area contributed by atoms with Crippen LogP contribution in [0, 0.1) is 12.8 Å². The quantitative estimate of drug-likeness (QED) is 0.302. The lowest BCUT2D eigenvalue weighted by molar-refractivity contribution is 0.00383. The number of ketones is 1. The van der Waals surface area contributed by atoms with Crippen molar-refractivity contribution >= 4 is 51.4 Å². The van der Waals surface area contributed by atoms with Crippen LogP contribution in [0.3, 0.4) is 0 Å². The van der Waals surface area contributed by atoms with Crippen LogP contribution in [0.2, 0.25) is 10.0 Å². The number of aromatic amines is 1. The Morgan fingerprint density at radius 1 is 1.31 bits per heavy atom. The van der Waals surface area contributed by atoms with E-state index in [9.17, 15) is 9.59 Å². The van der Waals surface area contributed by atoms with Crippen molar-refractivity contribution in [2.24, 2.45) is 13.0 Å². The molecule has 1 N–H and O–H groups in total. The molecule has 0 aromatic carbocycles. The summed E-state index contributed by atoms with van der Waals surface area (Å²) in [6, 6.07) is 0. The smallest absolute Gasteiger partial charge is 0.350 e. The summed E-state index contributed by atoms with van der Waals surface area (Å²) in [5.41, 5.74) is 1.44. The van der Waals surface area contributed by atoms with Crippen molar-refractivity contribution < 1.29 is 19.1 Å². The summed E-state index contributed by atoms with van der Waals surface area (Å²) >= 11 is 13.7. The number of thiazole rings is 1. The predicted molar refractivity (Wildman–Crippen MR) is 138 cm³/mol. The SMILES string of the molecule is CCCO[C@H]1CN(c2nc(-c3ncnn3C)c(C(=O)OC)s2)CC[C@H]1CC(=O)c1[nH]c(C)c(Cl)c1Cl. The fourth-order valence-corrected chi connectivity index (χ4v) is 5.72. The Morgan fingerprint density at radius 3 is 2.69 bits per heavy atom. The van der Waals surface area contributed by atoms with Gasteiger partial charge in [0.25, 0.3) is 0 Å². The Kier molecular flexibility index (Phi) is 8.34. The van der Waals surface area contributed by atoms with E-state index in [1.807, 2.05) is 6.92 Å². The lowest BCUT2D eigenvalue weighted by Crippen LogP contribution is -2.46. The molecule has 0 spiro atoms. The molecular formula is C23H28Cl2N6O4S. The number of piperidine rings is 1. The van der Waals surface area contributed by atoms with Gasteiger partial charge in [-0.3, -0.25) is 4.79 Å². The minimum Gasteiger partial charge on any atom is -0.465 e. The van der Waals surface area contributed by atoms with Crippen LogP contribution in [0.5, 0.6) is 0 Å².